The lowest BCUT2D eigenvalue weighted by atomic mass is 10.0. The largest absolute Gasteiger partial charge is 0.464 e. The number of aromatic nitrogens is 1. The average molecular weight is 397 g/mol. The van der Waals surface area contributed by atoms with Gasteiger partial charge in [-0.15, -0.1) is 0 Å². The molecule has 0 saturated carbocycles. The summed E-state index contributed by atoms with van der Waals surface area (Å²) in [5.74, 6) is -2.14. The van der Waals surface area contributed by atoms with Crippen LogP contribution in [0.4, 0.5) is 23.2 Å². The number of rotatable bonds is 3. The molecule has 0 saturated heterocycles. The van der Waals surface area contributed by atoms with E-state index >= 15 is 0 Å². The van der Waals surface area contributed by atoms with Gasteiger partial charge in [0.15, 0.2) is 5.69 Å². The van der Waals surface area contributed by atoms with Crippen LogP contribution in [0.2, 0.25) is 10.0 Å². The van der Waals surface area contributed by atoms with Crippen molar-refractivity contribution in [3.8, 4) is 11.3 Å². The number of hydrogen-bond acceptors (Lipinski definition) is 4. The molecular formula is C15H10Cl2F4N2O2. The van der Waals surface area contributed by atoms with Crippen molar-refractivity contribution in [2.75, 3.05) is 12.8 Å². The Kier molecular flexibility index (Phi) is 5.43. The molecule has 0 amide bonds. The van der Waals surface area contributed by atoms with E-state index in [2.05, 4.69) is 9.72 Å². The molecule has 1 aromatic heterocycles. The van der Waals surface area contributed by atoms with Gasteiger partial charge in [-0.1, -0.05) is 23.2 Å². The van der Waals surface area contributed by atoms with E-state index in [-0.39, 0.29) is 32.7 Å². The van der Waals surface area contributed by atoms with Gasteiger partial charge in [-0.25, -0.2) is 14.2 Å². The standard InChI is InChI=1S/C15H10Cl2F4N2O2/c1-25-14(24)13-11(17)9(22)4-10(23-13)6-2-3-8(16)7(12(6)18)5-15(19,20)21/h2-4H,5H2,1H3,(H2,22,23). The van der Waals surface area contributed by atoms with Gasteiger partial charge in [0.05, 0.1) is 29.9 Å². The topological polar surface area (TPSA) is 65.2 Å². The van der Waals surface area contributed by atoms with Gasteiger partial charge in [0.1, 0.15) is 5.82 Å². The lowest BCUT2D eigenvalue weighted by molar-refractivity contribution is -0.127. The molecule has 0 aliphatic heterocycles. The maximum absolute atomic E-state index is 14.6. The van der Waals surface area contributed by atoms with E-state index < -0.39 is 29.9 Å². The summed E-state index contributed by atoms with van der Waals surface area (Å²) in [6.07, 6.45) is -6.22. The average Bonchev–Trinajstić information content (AvgIpc) is 2.52. The fourth-order valence-electron chi connectivity index (χ4n) is 2.08. The molecule has 0 unspecified atom stereocenters. The summed E-state index contributed by atoms with van der Waals surface area (Å²) < 4.78 is 57.0. The second-order valence-electron chi connectivity index (χ2n) is 4.93. The summed E-state index contributed by atoms with van der Waals surface area (Å²) in [4.78, 5) is 15.5. The normalized spacial score (nSPS) is 11.5. The highest BCUT2D eigenvalue weighted by Gasteiger charge is 2.31. The van der Waals surface area contributed by atoms with Crippen molar-refractivity contribution >= 4 is 34.9 Å². The number of pyridine rings is 1. The second kappa shape index (κ2) is 7.05. The minimum Gasteiger partial charge on any atom is -0.464 e. The molecule has 0 aliphatic carbocycles. The highest BCUT2D eigenvalue weighted by atomic mass is 35.5. The predicted molar refractivity (Wildman–Crippen MR) is 85.2 cm³/mol. The number of carbonyl (C=O) groups is 1. The van der Waals surface area contributed by atoms with Crippen LogP contribution in [-0.4, -0.2) is 24.2 Å². The van der Waals surface area contributed by atoms with Crippen LogP contribution in [0.15, 0.2) is 18.2 Å². The Morgan fingerprint density at radius 1 is 1.32 bits per heavy atom. The van der Waals surface area contributed by atoms with Crippen molar-refractivity contribution in [3.05, 3.63) is 45.3 Å². The van der Waals surface area contributed by atoms with E-state index in [9.17, 15) is 22.4 Å². The quantitative estimate of drug-likeness (QED) is 0.604. The second-order valence-corrected chi connectivity index (χ2v) is 5.72. The number of ether oxygens (including phenoxy) is 1. The van der Waals surface area contributed by atoms with Crippen molar-refractivity contribution in [2.45, 2.75) is 12.6 Å². The van der Waals surface area contributed by atoms with Crippen molar-refractivity contribution in [2.24, 2.45) is 0 Å². The summed E-state index contributed by atoms with van der Waals surface area (Å²) in [5, 5.41) is -0.589. The molecule has 134 valence electrons. The number of benzene rings is 1. The van der Waals surface area contributed by atoms with Crippen LogP contribution in [0.25, 0.3) is 11.3 Å². The molecule has 0 aliphatic rings. The first-order valence-electron chi connectivity index (χ1n) is 6.63. The van der Waals surface area contributed by atoms with E-state index in [1.54, 1.807) is 0 Å². The summed E-state index contributed by atoms with van der Waals surface area (Å²) >= 11 is 11.5. The Bertz CT molecular complexity index is 841. The number of hydrogen-bond donors (Lipinski definition) is 1. The number of halogens is 6. The fraction of sp³-hybridized carbons (Fsp3) is 0.200. The van der Waals surface area contributed by atoms with E-state index in [1.165, 1.54) is 0 Å². The molecule has 0 fully saturated rings. The molecule has 0 radical (unpaired) electrons. The van der Waals surface area contributed by atoms with Gasteiger partial charge >= 0.3 is 12.1 Å². The SMILES string of the molecule is COC(=O)c1nc(-c2ccc(Cl)c(CC(F)(F)F)c2F)cc(N)c1Cl. The van der Waals surface area contributed by atoms with E-state index in [1.807, 2.05) is 0 Å². The van der Waals surface area contributed by atoms with Gasteiger partial charge in [-0.3, -0.25) is 0 Å². The number of nitrogen functional groups attached to an aromatic ring is 1. The molecule has 2 rings (SSSR count). The Hall–Kier alpha value is -2.06. The molecular weight excluding hydrogens is 387 g/mol. The first-order valence-corrected chi connectivity index (χ1v) is 7.39. The summed E-state index contributed by atoms with van der Waals surface area (Å²) in [5.41, 5.74) is 3.94. The lowest BCUT2D eigenvalue weighted by Gasteiger charge is -2.13. The maximum Gasteiger partial charge on any atom is 0.393 e. The van der Waals surface area contributed by atoms with E-state index in [0.29, 0.717) is 0 Å². The van der Waals surface area contributed by atoms with Crippen molar-refractivity contribution in [1.29, 1.82) is 0 Å². The summed E-state index contributed by atoms with van der Waals surface area (Å²) in [6.45, 7) is 0. The molecule has 1 aromatic carbocycles. The van der Waals surface area contributed by atoms with Gasteiger partial charge in [-0.2, -0.15) is 13.2 Å². The third-order valence-electron chi connectivity index (χ3n) is 3.20. The highest BCUT2D eigenvalue weighted by Crippen LogP contribution is 2.35. The molecule has 25 heavy (non-hydrogen) atoms. The minimum atomic E-state index is -4.66. The molecule has 0 bridgehead atoms. The van der Waals surface area contributed by atoms with Gasteiger partial charge in [-0.05, 0) is 18.2 Å². The summed E-state index contributed by atoms with van der Waals surface area (Å²) in [7, 11) is 1.08. The number of nitrogens with two attached hydrogens (primary N) is 1. The Labute approximate surface area is 149 Å². The van der Waals surface area contributed by atoms with Gasteiger partial charge in [0.2, 0.25) is 0 Å². The Morgan fingerprint density at radius 3 is 2.52 bits per heavy atom. The molecule has 10 heteroatoms. The molecule has 0 spiro atoms. The molecule has 0 atom stereocenters. The van der Waals surface area contributed by atoms with Gasteiger partial charge in [0, 0.05) is 16.1 Å². The van der Waals surface area contributed by atoms with E-state index in [0.717, 1.165) is 25.3 Å². The van der Waals surface area contributed by atoms with Crippen LogP contribution in [0.3, 0.4) is 0 Å². The van der Waals surface area contributed by atoms with Crippen LogP contribution >= 0.6 is 23.2 Å². The molecule has 2 N–H and O–H groups in total. The first-order chi connectivity index (χ1) is 11.5. The zero-order valence-electron chi connectivity index (χ0n) is 12.5. The zero-order valence-corrected chi connectivity index (χ0v) is 14.1. The molecule has 2 aromatic rings. The number of esters is 1. The van der Waals surface area contributed by atoms with E-state index in [4.69, 9.17) is 28.9 Å². The van der Waals surface area contributed by atoms with Crippen LogP contribution in [0.1, 0.15) is 16.1 Å². The third-order valence-corrected chi connectivity index (χ3v) is 3.96. The number of methoxy groups -OCH3 is 1. The predicted octanol–water partition coefficient (Wildman–Crippen LogP) is 4.67. The maximum atomic E-state index is 14.6. The van der Waals surface area contributed by atoms with Crippen molar-refractivity contribution in [1.82, 2.24) is 4.98 Å². The van der Waals surface area contributed by atoms with Crippen LogP contribution in [-0.2, 0) is 11.2 Å². The monoisotopic (exact) mass is 396 g/mol. The van der Waals surface area contributed by atoms with Crippen molar-refractivity contribution in [3.63, 3.8) is 0 Å². The minimum absolute atomic E-state index is 0.112. The lowest BCUT2D eigenvalue weighted by Crippen LogP contribution is -2.14. The first kappa shape index (κ1) is 19.3. The molecule has 1 heterocycles. The number of alkyl halides is 3. The molecule has 4 nitrogen and oxygen atoms in total. The van der Waals surface area contributed by atoms with Crippen LogP contribution in [0.5, 0.6) is 0 Å². The van der Waals surface area contributed by atoms with Gasteiger partial charge in [0.25, 0.3) is 0 Å². The smallest absolute Gasteiger partial charge is 0.393 e. The zero-order chi connectivity index (χ0) is 18.9. The van der Waals surface area contributed by atoms with Crippen molar-refractivity contribution < 1.29 is 27.1 Å². The highest BCUT2D eigenvalue weighted by molar-refractivity contribution is 6.35. The van der Waals surface area contributed by atoms with Gasteiger partial charge < -0.3 is 10.5 Å². The summed E-state index contributed by atoms with van der Waals surface area (Å²) in [6, 6.07) is 3.37. The van der Waals surface area contributed by atoms with Crippen LogP contribution < -0.4 is 5.73 Å². The number of carbonyl (C=O) groups excluding carboxylic acids is 1. The Balaban J connectivity index is 2.65. The third kappa shape index (κ3) is 4.13. The Morgan fingerprint density at radius 2 is 1.96 bits per heavy atom. The van der Waals surface area contributed by atoms with Crippen LogP contribution in [0, 0.1) is 5.82 Å². The fourth-order valence-corrected chi connectivity index (χ4v) is 2.46. The number of anilines is 1. The number of nitrogens with zero attached hydrogens (tertiary/aromatic N) is 1.